The zero-order valence-electron chi connectivity index (χ0n) is 18.9. The summed E-state index contributed by atoms with van der Waals surface area (Å²) < 4.78 is 11.7. The maximum Gasteiger partial charge on any atom is 0.328 e. The first-order valence-electron chi connectivity index (χ1n) is 11.0. The third-order valence-electron chi connectivity index (χ3n) is 5.79. The van der Waals surface area contributed by atoms with Crippen LogP contribution in [0.3, 0.4) is 0 Å². The van der Waals surface area contributed by atoms with Crippen molar-refractivity contribution in [1.82, 2.24) is 25.2 Å². The standard InChI is InChI=1S/C25H22N6O4/c1-34-21-10-8-18(9-11-21)23-13-22(20-7-6-17-4-2-3-5-19(17)12-20)27-31(23)24(32)15-35-25(33)14-30-16-26-28-29-30/h2-12,16,23H,13-15H2,1H3. The molecular weight excluding hydrogens is 448 g/mol. The van der Waals surface area contributed by atoms with E-state index in [1.54, 1.807) is 7.11 Å². The molecule has 1 aliphatic rings. The Hall–Kier alpha value is -4.60. The minimum atomic E-state index is -0.621. The Morgan fingerprint density at radius 1 is 1.03 bits per heavy atom. The van der Waals surface area contributed by atoms with Gasteiger partial charge < -0.3 is 9.47 Å². The monoisotopic (exact) mass is 470 g/mol. The number of esters is 1. The highest BCUT2D eigenvalue weighted by molar-refractivity contribution is 6.05. The van der Waals surface area contributed by atoms with Crippen molar-refractivity contribution in [3.63, 3.8) is 0 Å². The van der Waals surface area contributed by atoms with Gasteiger partial charge in [-0.15, -0.1) is 5.10 Å². The molecule has 0 radical (unpaired) electrons. The van der Waals surface area contributed by atoms with Gasteiger partial charge in [0, 0.05) is 6.42 Å². The number of carbonyl (C=O) groups excluding carboxylic acids is 2. The Morgan fingerprint density at radius 3 is 2.57 bits per heavy atom. The zero-order chi connectivity index (χ0) is 24.2. The number of amides is 1. The molecule has 1 amide bonds. The van der Waals surface area contributed by atoms with Gasteiger partial charge in [-0.25, -0.2) is 9.69 Å². The largest absolute Gasteiger partial charge is 0.497 e. The lowest BCUT2D eigenvalue weighted by molar-refractivity contribution is -0.153. The average molecular weight is 470 g/mol. The molecule has 1 aromatic heterocycles. The molecule has 0 saturated heterocycles. The van der Waals surface area contributed by atoms with Crippen molar-refractivity contribution in [3.05, 3.63) is 84.2 Å². The van der Waals surface area contributed by atoms with Crippen LogP contribution in [-0.2, 0) is 20.9 Å². The first-order valence-corrected chi connectivity index (χ1v) is 11.0. The van der Waals surface area contributed by atoms with Crippen LogP contribution in [0.2, 0.25) is 0 Å². The van der Waals surface area contributed by atoms with Crippen LogP contribution in [0.4, 0.5) is 0 Å². The lowest BCUT2D eigenvalue weighted by atomic mass is 9.97. The van der Waals surface area contributed by atoms with E-state index in [1.165, 1.54) is 16.0 Å². The highest BCUT2D eigenvalue weighted by Crippen LogP contribution is 2.34. The highest BCUT2D eigenvalue weighted by Gasteiger charge is 2.33. The van der Waals surface area contributed by atoms with Crippen LogP contribution < -0.4 is 4.74 Å². The minimum absolute atomic E-state index is 0.187. The van der Waals surface area contributed by atoms with Gasteiger partial charge in [-0.05, 0) is 50.5 Å². The number of hydrazone groups is 1. The summed E-state index contributed by atoms with van der Waals surface area (Å²) in [7, 11) is 1.60. The molecule has 0 aliphatic carbocycles. The normalized spacial score (nSPS) is 15.2. The SMILES string of the molecule is COc1ccc(C2CC(c3ccc4ccccc4c3)=NN2C(=O)COC(=O)Cn2cnnn2)cc1. The number of hydrogen-bond donors (Lipinski definition) is 0. The molecule has 0 spiro atoms. The van der Waals surface area contributed by atoms with Crippen molar-refractivity contribution in [2.75, 3.05) is 13.7 Å². The number of tetrazole rings is 1. The fraction of sp³-hybridized carbons (Fsp3) is 0.200. The topological polar surface area (TPSA) is 112 Å². The summed E-state index contributed by atoms with van der Waals surface area (Å²) in [6.07, 6.45) is 1.82. The van der Waals surface area contributed by atoms with Crippen LogP contribution in [0.25, 0.3) is 10.8 Å². The van der Waals surface area contributed by atoms with E-state index in [-0.39, 0.29) is 12.6 Å². The molecule has 0 bridgehead atoms. The van der Waals surface area contributed by atoms with E-state index >= 15 is 0 Å². The molecule has 10 nitrogen and oxygen atoms in total. The van der Waals surface area contributed by atoms with E-state index < -0.39 is 18.5 Å². The number of fused-ring (bicyclic) bond motifs is 1. The molecule has 1 aliphatic heterocycles. The number of rotatable bonds is 7. The molecule has 176 valence electrons. The van der Waals surface area contributed by atoms with Crippen molar-refractivity contribution in [2.24, 2.45) is 5.10 Å². The Labute approximate surface area is 200 Å². The first kappa shape index (κ1) is 22.2. The second kappa shape index (κ2) is 9.72. The van der Waals surface area contributed by atoms with Crippen LogP contribution >= 0.6 is 0 Å². The van der Waals surface area contributed by atoms with E-state index in [9.17, 15) is 9.59 Å². The molecular formula is C25H22N6O4. The van der Waals surface area contributed by atoms with Gasteiger partial charge in [-0.3, -0.25) is 9.59 Å². The van der Waals surface area contributed by atoms with Crippen LogP contribution in [0.5, 0.6) is 5.75 Å². The number of hydrogen-bond acceptors (Lipinski definition) is 8. The predicted molar refractivity (Wildman–Crippen MR) is 126 cm³/mol. The number of aromatic nitrogens is 4. The van der Waals surface area contributed by atoms with E-state index in [0.717, 1.165) is 33.4 Å². The number of benzene rings is 3. The molecule has 1 atom stereocenters. The van der Waals surface area contributed by atoms with Gasteiger partial charge in [-0.2, -0.15) is 5.10 Å². The zero-order valence-corrected chi connectivity index (χ0v) is 18.9. The maximum absolute atomic E-state index is 13.1. The van der Waals surface area contributed by atoms with Gasteiger partial charge >= 0.3 is 5.97 Å². The van der Waals surface area contributed by atoms with Gasteiger partial charge in [0.25, 0.3) is 5.91 Å². The lowest BCUT2D eigenvalue weighted by Crippen LogP contribution is -2.32. The third-order valence-corrected chi connectivity index (χ3v) is 5.79. The minimum Gasteiger partial charge on any atom is -0.497 e. The Bertz CT molecular complexity index is 1380. The Balaban J connectivity index is 1.38. The van der Waals surface area contributed by atoms with Gasteiger partial charge in [-0.1, -0.05) is 48.5 Å². The number of methoxy groups -OCH3 is 1. The Kier molecular flexibility index (Phi) is 6.16. The van der Waals surface area contributed by atoms with Crippen LogP contribution in [-0.4, -0.2) is 56.5 Å². The summed E-state index contributed by atoms with van der Waals surface area (Å²) in [5, 5.41) is 18.8. The molecule has 0 saturated carbocycles. The van der Waals surface area contributed by atoms with Gasteiger partial charge in [0.05, 0.1) is 18.9 Å². The third kappa shape index (κ3) is 4.86. The van der Waals surface area contributed by atoms with Gasteiger partial charge in [0.1, 0.15) is 18.6 Å². The second-order valence-electron chi connectivity index (χ2n) is 8.01. The molecule has 1 unspecified atom stereocenters. The van der Waals surface area contributed by atoms with Crippen molar-refractivity contribution in [3.8, 4) is 5.75 Å². The number of nitrogens with zero attached hydrogens (tertiary/aromatic N) is 6. The summed E-state index contributed by atoms with van der Waals surface area (Å²) in [4.78, 5) is 25.2. The quantitative estimate of drug-likeness (QED) is 0.382. The number of ether oxygens (including phenoxy) is 2. The fourth-order valence-corrected chi connectivity index (χ4v) is 4.01. The molecule has 5 rings (SSSR count). The van der Waals surface area contributed by atoms with Crippen LogP contribution in [0, 0.1) is 0 Å². The van der Waals surface area contributed by atoms with Gasteiger partial charge in [0.15, 0.2) is 6.61 Å². The van der Waals surface area contributed by atoms with E-state index in [0.29, 0.717) is 6.42 Å². The second-order valence-corrected chi connectivity index (χ2v) is 8.01. The van der Waals surface area contributed by atoms with E-state index in [1.807, 2.05) is 54.6 Å². The summed E-state index contributed by atoms with van der Waals surface area (Å²) in [6.45, 7) is -0.629. The van der Waals surface area contributed by atoms with Crippen LogP contribution in [0.15, 0.2) is 78.2 Å². The van der Waals surface area contributed by atoms with E-state index in [2.05, 4.69) is 32.8 Å². The smallest absolute Gasteiger partial charge is 0.328 e. The Morgan fingerprint density at radius 2 is 1.83 bits per heavy atom. The van der Waals surface area contributed by atoms with Crippen molar-refractivity contribution >= 4 is 28.4 Å². The molecule has 4 aromatic rings. The molecule has 35 heavy (non-hydrogen) atoms. The maximum atomic E-state index is 13.1. The molecule has 0 fully saturated rings. The number of carbonyl (C=O) groups is 2. The molecule has 0 N–H and O–H groups in total. The summed E-state index contributed by atoms with van der Waals surface area (Å²) >= 11 is 0. The highest BCUT2D eigenvalue weighted by atomic mass is 16.5. The van der Waals surface area contributed by atoms with Crippen molar-refractivity contribution in [2.45, 2.75) is 19.0 Å². The lowest BCUT2D eigenvalue weighted by Gasteiger charge is -2.22. The van der Waals surface area contributed by atoms with Crippen molar-refractivity contribution < 1.29 is 19.1 Å². The summed E-state index contributed by atoms with van der Waals surface area (Å²) in [6, 6.07) is 21.4. The van der Waals surface area contributed by atoms with Gasteiger partial charge in [0.2, 0.25) is 0 Å². The van der Waals surface area contributed by atoms with Crippen LogP contribution in [0.1, 0.15) is 23.6 Å². The summed E-state index contributed by atoms with van der Waals surface area (Å²) in [5.74, 6) is -0.326. The molecule has 2 heterocycles. The predicted octanol–water partition coefficient (Wildman–Crippen LogP) is 2.76. The fourth-order valence-electron chi connectivity index (χ4n) is 4.01. The summed E-state index contributed by atoms with van der Waals surface area (Å²) in [5.41, 5.74) is 2.62. The van der Waals surface area contributed by atoms with Crippen molar-refractivity contribution in [1.29, 1.82) is 0 Å². The molecule has 10 heteroatoms. The first-order chi connectivity index (χ1) is 17.1. The van der Waals surface area contributed by atoms with E-state index in [4.69, 9.17) is 9.47 Å². The average Bonchev–Trinajstić information content (AvgIpc) is 3.57. The molecule has 3 aromatic carbocycles.